The molecule has 0 bridgehead atoms. The molecule has 0 atom stereocenters. The molecule has 1 aliphatic rings. The summed E-state index contributed by atoms with van der Waals surface area (Å²) in [6.07, 6.45) is 2.70. The highest BCUT2D eigenvalue weighted by Crippen LogP contribution is 2.14. The molecule has 1 aromatic carbocycles. The fraction of sp³-hybridized carbons (Fsp3) is 0.385. The minimum absolute atomic E-state index is 0.495. The van der Waals surface area contributed by atoms with E-state index in [1.165, 1.54) is 4.90 Å². The van der Waals surface area contributed by atoms with Crippen LogP contribution in [-0.4, -0.2) is 29.7 Å². The summed E-state index contributed by atoms with van der Waals surface area (Å²) in [7, 11) is 0. The van der Waals surface area contributed by atoms with Gasteiger partial charge in [0.25, 0.3) is 11.7 Å². The first-order valence-corrected chi connectivity index (χ1v) is 5.88. The molecule has 0 radical (unpaired) electrons. The molecule has 3 nitrogen and oxygen atoms in total. The Balaban J connectivity index is 2.19. The summed E-state index contributed by atoms with van der Waals surface area (Å²) in [6.45, 7) is 1.00. The molecule has 1 fully saturated rings. The van der Waals surface area contributed by atoms with Gasteiger partial charge in [0.05, 0.1) is 5.56 Å². The van der Waals surface area contributed by atoms with Gasteiger partial charge < -0.3 is 4.90 Å². The van der Waals surface area contributed by atoms with Crippen LogP contribution in [0.25, 0.3) is 0 Å². The van der Waals surface area contributed by atoms with Crippen LogP contribution in [0.2, 0.25) is 0 Å². The van der Waals surface area contributed by atoms with Crippen molar-refractivity contribution in [2.45, 2.75) is 19.3 Å². The Morgan fingerprint density at radius 2 is 1.72 bits per heavy atom. The smallest absolute Gasteiger partial charge is 0.295 e. The lowest BCUT2D eigenvalue weighted by Crippen LogP contribution is -2.40. The van der Waals surface area contributed by atoms with Gasteiger partial charge in [-0.3, -0.25) is 9.59 Å². The third-order valence-corrected chi connectivity index (χ3v) is 3.01. The lowest BCUT2D eigenvalue weighted by molar-refractivity contribution is -0.127. The molecule has 1 heterocycles. The Morgan fingerprint density at radius 1 is 1.06 bits per heavy atom. The Labute approximate surface area is 103 Å². The van der Waals surface area contributed by atoms with E-state index in [9.17, 15) is 18.4 Å². The lowest BCUT2D eigenvalue weighted by atomic mass is 10.1. The number of rotatable bonds is 2. The number of amides is 1. The zero-order chi connectivity index (χ0) is 13.1. The van der Waals surface area contributed by atoms with E-state index in [0.717, 1.165) is 37.5 Å². The molecule has 0 N–H and O–H groups in total. The second kappa shape index (κ2) is 5.25. The van der Waals surface area contributed by atoms with Gasteiger partial charge in [-0.1, -0.05) is 0 Å². The average molecular weight is 253 g/mol. The molecule has 1 aliphatic heterocycles. The van der Waals surface area contributed by atoms with E-state index in [1.807, 2.05) is 0 Å². The molecule has 0 spiro atoms. The maximum atomic E-state index is 13.4. The van der Waals surface area contributed by atoms with Gasteiger partial charge in [-0.15, -0.1) is 0 Å². The van der Waals surface area contributed by atoms with E-state index in [4.69, 9.17) is 0 Å². The van der Waals surface area contributed by atoms with Crippen LogP contribution in [0, 0.1) is 11.6 Å². The highest BCUT2D eigenvalue weighted by molar-refractivity contribution is 6.42. The van der Waals surface area contributed by atoms with E-state index < -0.39 is 28.9 Å². The maximum absolute atomic E-state index is 13.4. The first kappa shape index (κ1) is 12.7. The Kier molecular flexibility index (Phi) is 3.69. The van der Waals surface area contributed by atoms with Crippen molar-refractivity contribution in [1.29, 1.82) is 0 Å². The normalized spacial score (nSPS) is 15.6. The second-order valence-electron chi connectivity index (χ2n) is 4.31. The zero-order valence-corrected chi connectivity index (χ0v) is 9.79. The number of ketones is 1. The van der Waals surface area contributed by atoms with E-state index in [0.29, 0.717) is 13.1 Å². The van der Waals surface area contributed by atoms with Gasteiger partial charge in [0.15, 0.2) is 0 Å². The van der Waals surface area contributed by atoms with Crippen molar-refractivity contribution in [3.05, 3.63) is 35.4 Å². The first-order valence-electron chi connectivity index (χ1n) is 5.88. The van der Waals surface area contributed by atoms with Crippen molar-refractivity contribution in [2.24, 2.45) is 0 Å². The van der Waals surface area contributed by atoms with Crippen molar-refractivity contribution in [3.8, 4) is 0 Å². The summed E-state index contributed by atoms with van der Waals surface area (Å²) in [5.41, 5.74) is -0.495. The molecular formula is C13H13F2NO2. The molecule has 5 heteroatoms. The standard InChI is InChI=1S/C13H13F2NO2/c14-9-4-5-11(15)10(8-9)12(17)13(18)16-6-2-1-3-7-16/h4-5,8H,1-3,6-7H2. The molecule has 1 aromatic rings. The SMILES string of the molecule is O=C(C(=O)N1CCCCC1)c1cc(F)ccc1F. The summed E-state index contributed by atoms with van der Waals surface area (Å²) < 4.78 is 26.4. The fourth-order valence-electron chi connectivity index (χ4n) is 2.03. The summed E-state index contributed by atoms with van der Waals surface area (Å²) in [5, 5.41) is 0. The lowest BCUT2D eigenvalue weighted by Gasteiger charge is -2.25. The molecule has 0 unspecified atom stereocenters. The number of piperidine rings is 1. The van der Waals surface area contributed by atoms with Gasteiger partial charge in [-0.2, -0.15) is 0 Å². The minimum atomic E-state index is -0.978. The van der Waals surface area contributed by atoms with Gasteiger partial charge in [-0.25, -0.2) is 8.78 Å². The summed E-state index contributed by atoms with van der Waals surface area (Å²) in [5.74, 6) is -3.33. The predicted molar refractivity (Wildman–Crippen MR) is 61.1 cm³/mol. The average Bonchev–Trinajstić information content (AvgIpc) is 2.41. The van der Waals surface area contributed by atoms with E-state index in [2.05, 4.69) is 0 Å². The molecule has 0 saturated carbocycles. The van der Waals surface area contributed by atoms with Gasteiger partial charge in [0, 0.05) is 13.1 Å². The fourth-order valence-corrected chi connectivity index (χ4v) is 2.03. The quantitative estimate of drug-likeness (QED) is 0.598. The van der Waals surface area contributed by atoms with Crippen LogP contribution < -0.4 is 0 Å². The van der Waals surface area contributed by atoms with Gasteiger partial charge in [0.2, 0.25) is 0 Å². The molecule has 1 saturated heterocycles. The van der Waals surface area contributed by atoms with Crippen LogP contribution in [-0.2, 0) is 4.79 Å². The third kappa shape index (κ3) is 2.55. The summed E-state index contributed by atoms with van der Waals surface area (Å²) >= 11 is 0. The number of hydrogen-bond donors (Lipinski definition) is 0. The molecule has 18 heavy (non-hydrogen) atoms. The Hall–Kier alpha value is -1.78. The van der Waals surface area contributed by atoms with Crippen molar-refractivity contribution < 1.29 is 18.4 Å². The highest BCUT2D eigenvalue weighted by atomic mass is 19.1. The zero-order valence-electron chi connectivity index (χ0n) is 9.79. The van der Waals surface area contributed by atoms with Crippen LogP contribution >= 0.6 is 0 Å². The Morgan fingerprint density at radius 3 is 2.39 bits per heavy atom. The number of likely N-dealkylation sites (tertiary alicyclic amines) is 1. The molecule has 96 valence electrons. The van der Waals surface area contributed by atoms with Crippen LogP contribution in [0.15, 0.2) is 18.2 Å². The molecule has 0 aliphatic carbocycles. The van der Waals surface area contributed by atoms with E-state index in [-0.39, 0.29) is 0 Å². The molecule has 0 aromatic heterocycles. The Bertz CT molecular complexity index is 482. The maximum Gasteiger partial charge on any atom is 0.295 e. The number of hydrogen-bond acceptors (Lipinski definition) is 2. The minimum Gasteiger partial charge on any atom is -0.336 e. The number of halogens is 2. The van der Waals surface area contributed by atoms with Crippen LogP contribution in [0.1, 0.15) is 29.6 Å². The van der Waals surface area contributed by atoms with E-state index in [1.54, 1.807) is 0 Å². The number of nitrogens with zero attached hydrogens (tertiary/aromatic N) is 1. The third-order valence-electron chi connectivity index (χ3n) is 3.01. The molecule has 2 rings (SSSR count). The monoisotopic (exact) mass is 253 g/mol. The summed E-state index contributed by atoms with van der Waals surface area (Å²) in [4.78, 5) is 25.1. The molecular weight excluding hydrogens is 240 g/mol. The van der Waals surface area contributed by atoms with Gasteiger partial charge >= 0.3 is 0 Å². The number of carbonyl (C=O) groups excluding carboxylic acids is 2. The summed E-state index contributed by atoms with van der Waals surface area (Å²) in [6, 6.07) is 2.53. The molecule has 1 amide bonds. The van der Waals surface area contributed by atoms with Crippen molar-refractivity contribution in [3.63, 3.8) is 0 Å². The first-order chi connectivity index (χ1) is 8.59. The highest BCUT2D eigenvalue weighted by Gasteiger charge is 2.26. The largest absolute Gasteiger partial charge is 0.336 e. The number of Topliss-reactive ketones (excluding diaryl/α,β-unsaturated/α-hetero) is 1. The van der Waals surface area contributed by atoms with Gasteiger partial charge in [-0.05, 0) is 37.5 Å². The second-order valence-corrected chi connectivity index (χ2v) is 4.31. The van der Waals surface area contributed by atoms with Gasteiger partial charge in [0.1, 0.15) is 11.6 Å². The van der Waals surface area contributed by atoms with Crippen molar-refractivity contribution in [2.75, 3.05) is 13.1 Å². The van der Waals surface area contributed by atoms with Crippen molar-refractivity contribution in [1.82, 2.24) is 4.90 Å². The number of carbonyl (C=O) groups is 2. The van der Waals surface area contributed by atoms with Crippen molar-refractivity contribution >= 4 is 11.7 Å². The van der Waals surface area contributed by atoms with Crippen LogP contribution in [0.4, 0.5) is 8.78 Å². The van der Waals surface area contributed by atoms with E-state index >= 15 is 0 Å². The van der Waals surface area contributed by atoms with Crippen LogP contribution in [0.5, 0.6) is 0 Å². The number of benzene rings is 1. The predicted octanol–water partition coefficient (Wildman–Crippen LogP) is 2.16. The van der Waals surface area contributed by atoms with Crippen LogP contribution in [0.3, 0.4) is 0 Å². The topological polar surface area (TPSA) is 37.4 Å².